The molecular weight excluding hydrogens is 146 g/mol. The Morgan fingerprint density at radius 1 is 1.25 bits per heavy atom. The zero-order valence-corrected chi connectivity index (χ0v) is 9.06. The Morgan fingerprint density at radius 2 is 1.75 bits per heavy atom. The predicted octanol–water partition coefficient (Wildman–Crippen LogP) is 2.76. The van der Waals surface area contributed by atoms with Crippen molar-refractivity contribution in [1.82, 2.24) is 4.90 Å². The fourth-order valence-electron chi connectivity index (χ4n) is 2.38. The molecule has 1 aliphatic carbocycles. The number of rotatable bonds is 2. The molecule has 0 bridgehead atoms. The lowest BCUT2D eigenvalue weighted by atomic mass is 9.72. The summed E-state index contributed by atoms with van der Waals surface area (Å²) in [4.78, 5) is 2.33. The van der Waals surface area contributed by atoms with Gasteiger partial charge in [-0.15, -0.1) is 0 Å². The first-order chi connectivity index (χ1) is 5.52. The van der Waals surface area contributed by atoms with Crippen molar-refractivity contribution in [2.75, 3.05) is 20.6 Å². The third-order valence-electron chi connectivity index (χ3n) is 3.18. The van der Waals surface area contributed by atoms with E-state index in [1.807, 2.05) is 0 Å². The largest absolute Gasteiger partial charge is 0.309 e. The summed E-state index contributed by atoms with van der Waals surface area (Å²) in [5.74, 6) is 0.972. The first-order valence-electron chi connectivity index (χ1n) is 5.17. The molecule has 0 atom stereocenters. The van der Waals surface area contributed by atoms with E-state index in [9.17, 15) is 0 Å². The Balaban J connectivity index is 2.39. The minimum atomic E-state index is 0.607. The molecule has 1 aliphatic rings. The molecule has 0 amide bonds. The van der Waals surface area contributed by atoms with Crippen LogP contribution in [0.1, 0.15) is 39.5 Å². The summed E-state index contributed by atoms with van der Waals surface area (Å²) in [5, 5.41) is 0. The van der Waals surface area contributed by atoms with Crippen LogP contribution in [-0.4, -0.2) is 25.5 Å². The summed E-state index contributed by atoms with van der Waals surface area (Å²) >= 11 is 0. The van der Waals surface area contributed by atoms with Gasteiger partial charge in [-0.05, 0) is 38.3 Å². The molecule has 1 heteroatoms. The maximum absolute atomic E-state index is 2.44. The highest BCUT2D eigenvalue weighted by molar-refractivity contribution is 4.82. The molecule has 1 fully saturated rings. The van der Waals surface area contributed by atoms with Crippen molar-refractivity contribution < 1.29 is 0 Å². The average molecular weight is 169 g/mol. The zero-order valence-electron chi connectivity index (χ0n) is 9.06. The third kappa shape index (κ3) is 2.78. The van der Waals surface area contributed by atoms with E-state index in [4.69, 9.17) is 0 Å². The van der Waals surface area contributed by atoms with Gasteiger partial charge in [0.2, 0.25) is 0 Å². The van der Waals surface area contributed by atoms with E-state index < -0.39 is 0 Å². The maximum Gasteiger partial charge on any atom is 0.00292 e. The number of hydrogen-bond donors (Lipinski definition) is 0. The summed E-state index contributed by atoms with van der Waals surface area (Å²) < 4.78 is 0. The van der Waals surface area contributed by atoms with Gasteiger partial charge in [0, 0.05) is 6.54 Å². The van der Waals surface area contributed by atoms with E-state index >= 15 is 0 Å². The lowest BCUT2D eigenvalue weighted by molar-refractivity contribution is 0.132. The molecule has 1 nitrogen and oxygen atoms in total. The second-order valence-electron chi connectivity index (χ2n) is 5.23. The Morgan fingerprint density at radius 3 is 2.17 bits per heavy atom. The van der Waals surface area contributed by atoms with E-state index in [0.29, 0.717) is 5.41 Å². The molecule has 0 heterocycles. The quantitative estimate of drug-likeness (QED) is 0.614. The monoisotopic (exact) mass is 169 g/mol. The van der Waals surface area contributed by atoms with Crippen molar-refractivity contribution in [3.63, 3.8) is 0 Å². The van der Waals surface area contributed by atoms with Gasteiger partial charge in [0.15, 0.2) is 0 Å². The molecule has 1 rings (SSSR count). The van der Waals surface area contributed by atoms with Gasteiger partial charge in [0.05, 0.1) is 0 Å². The molecular formula is C11H23N. The van der Waals surface area contributed by atoms with Crippen LogP contribution in [0.3, 0.4) is 0 Å². The van der Waals surface area contributed by atoms with Crippen molar-refractivity contribution in [3.05, 3.63) is 0 Å². The van der Waals surface area contributed by atoms with Gasteiger partial charge < -0.3 is 4.90 Å². The maximum atomic E-state index is 2.44. The summed E-state index contributed by atoms with van der Waals surface area (Å²) in [6.45, 7) is 6.09. The van der Waals surface area contributed by atoms with Crippen LogP contribution in [0.15, 0.2) is 0 Å². The van der Waals surface area contributed by atoms with Crippen molar-refractivity contribution in [1.29, 1.82) is 0 Å². The minimum Gasteiger partial charge on any atom is -0.309 e. The highest BCUT2D eigenvalue weighted by atomic mass is 15.1. The predicted molar refractivity (Wildman–Crippen MR) is 54.3 cm³/mol. The van der Waals surface area contributed by atoms with Crippen LogP contribution < -0.4 is 0 Å². The molecule has 0 aromatic rings. The number of hydrogen-bond acceptors (Lipinski definition) is 1. The lowest BCUT2D eigenvalue weighted by Gasteiger charge is -2.38. The van der Waals surface area contributed by atoms with Gasteiger partial charge in [0.1, 0.15) is 0 Å². The normalized spacial score (nSPS) is 37.2. The van der Waals surface area contributed by atoms with Gasteiger partial charge in [-0.25, -0.2) is 0 Å². The topological polar surface area (TPSA) is 3.24 Å². The van der Waals surface area contributed by atoms with Crippen LogP contribution in [0, 0.1) is 11.3 Å². The van der Waals surface area contributed by atoms with Crippen molar-refractivity contribution in [3.8, 4) is 0 Å². The van der Waals surface area contributed by atoms with E-state index in [1.54, 1.807) is 0 Å². The van der Waals surface area contributed by atoms with E-state index in [-0.39, 0.29) is 0 Å². The molecule has 0 spiro atoms. The van der Waals surface area contributed by atoms with Gasteiger partial charge in [-0.3, -0.25) is 0 Å². The van der Waals surface area contributed by atoms with Crippen LogP contribution in [0.4, 0.5) is 0 Å². The summed E-state index contributed by atoms with van der Waals surface area (Å²) in [5.41, 5.74) is 0.607. The Bertz CT molecular complexity index is 132. The number of nitrogens with zero attached hydrogens (tertiary/aromatic N) is 1. The lowest BCUT2D eigenvalue weighted by Crippen LogP contribution is -2.34. The molecule has 0 aromatic carbocycles. The molecule has 0 N–H and O–H groups in total. The molecule has 0 saturated heterocycles. The minimum absolute atomic E-state index is 0.607. The first kappa shape index (κ1) is 10.0. The van der Waals surface area contributed by atoms with Crippen molar-refractivity contribution in [2.45, 2.75) is 39.5 Å². The third-order valence-corrected chi connectivity index (χ3v) is 3.18. The molecule has 0 unspecified atom stereocenters. The Kier molecular flexibility index (Phi) is 3.16. The average Bonchev–Trinajstić information content (AvgIpc) is 1.94. The smallest absolute Gasteiger partial charge is 0.00292 e. The molecule has 72 valence electrons. The van der Waals surface area contributed by atoms with Gasteiger partial charge in [-0.1, -0.05) is 26.7 Å². The van der Waals surface area contributed by atoms with Gasteiger partial charge in [-0.2, -0.15) is 0 Å². The zero-order chi connectivity index (χ0) is 9.19. The second-order valence-corrected chi connectivity index (χ2v) is 5.23. The molecule has 1 saturated carbocycles. The molecule has 0 aromatic heterocycles. The van der Waals surface area contributed by atoms with Gasteiger partial charge in [0.25, 0.3) is 0 Å². The van der Waals surface area contributed by atoms with Crippen molar-refractivity contribution >= 4 is 0 Å². The highest BCUT2D eigenvalue weighted by Crippen LogP contribution is 2.38. The van der Waals surface area contributed by atoms with Crippen LogP contribution in [-0.2, 0) is 0 Å². The van der Waals surface area contributed by atoms with Crippen LogP contribution in [0.2, 0.25) is 0 Å². The Labute approximate surface area is 77.1 Å². The second kappa shape index (κ2) is 3.78. The molecule has 12 heavy (non-hydrogen) atoms. The standard InChI is InChI=1S/C11H23N/c1-10-5-7-11(2,8-6-10)9-12(3)4/h10H,5-9H2,1-4H3. The fourth-order valence-corrected chi connectivity index (χ4v) is 2.38. The van der Waals surface area contributed by atoms with Crippen molar-refractivity contribution in [2.24, 2.45) is 11.3 Å². The SMILES string of the molecule is CC1CCC(C)(CN(C)C)CC1. The fraction of sp³-hybridized carbons (Fsp3) is 1.00. The molecule has 0 aliphatic heterocycles. The summed E-state index contributed by atoms with van der Waals surface area (Å²) in [6.07, 6.45) is 5.72. The molecule has 0 radical (unpaired) electrons. The summed E-state index contributed by atoms with van der Waals surface area (Å²) in [7, 11) is 4.37. The van der Waals surface area contributed by atoms with Gasteiger partial charge >= 0.3 is 0 Å². The van der Waals surface area contributed by atoms with E-state index in [0.717, 1.165) is 5.92 Å². The van der Waals surface area contributed by atoms with Crippen LogP contribution in [0.25, 0.3) is 0 Å². The summed E-state index contributed by atoms with van der Waals surface area (Å²) in [6, 6.07) is 0. The van der Waals surface area contributed by atoms with Crippen LogP contribution in [0.5, 0.6) is 0 Å². The van der Waals surface area contributed by atoms with Crippen LogP contribution >= 0.6 is 0 Å². The first-order valence-corrected chi connectivity index (χ1v) is 5.17. The Hall–Kier alpha value is -0.0400. The van der Waals surface area contributed by atoms with E-state index in [2.05, 4.69) is 32.8 Å². The highest BCUT2D eigenvalue weighted by Gasteiger charge is 2.29. The van der Waals surface area contributed by atoms with E-state index in [1.165, 1.54) is 32.2 Å².